The van der Waals surface area contributed by atoms with Crippen molar-refractivity contribution in [3.05, 3.63) is 58.3 Å². The molecule has 1 N–H and O–H groups in total. The Kier molecular flexibility index (Phi) is 6.70. The topological polar surface area (TPSA) is 85.3 Å². The summed E-state index contributed by atoms with van der Waals surface area (Å²) >= 11 is 0. The van der Waals surface area contributed by atoms with Crippen LogP contribution in [0.1, 0.15) is 46.8 Å². The molecule has 1 saturated heterocycles. The van der Waals surface area contributed by atoms with Crippen LogP contribution in [0.15, 0.2) is 36.1 Å². The van der Waals surface area contributed by atoms with Crippen LogP contribution in [0.2, 0.25) is 0 Å². The number of Topliss-reactive ketones (excluding diaryl/α,β-unsaturated/α-hetero) is 1. The molecule has 0 radical (unpaired) electrons. The third kappa shape index (κ3) is 4.59. The number of para-hydroxylation sites is 1. The van der Waals surface area contributed by atoms with Crippen LogP contribution < -0.4 is 9.47 Å². The van der Waals surface area contributed by atoms with Crippen molar-refractivity contribution >= 4 is 17.8 Å². The van der Waals surface area contributed by atoms with Crippen molar-refractivity contribution < 1.29 is 28.9 Å². The van der Waals surface area contributed by atoms with Gasteiger partial charge in [0.15, 0.2) is 5.76 Å². The maximum atomic E-state index is 13.2. The van der Waals surface area contributed by atoms with Gasteiger partial charge in [0.25, 0.3) is 0 Å². The van der Waals surface area contributed by atoms with Gasteiger partial charge in [-0.15, -0.1) is 0 Å². The predicted octanol–water partition coefficient (Wildman–Crippen LogP) is 4.10. The fourth-order valence-corrected chi connectivity index (χ4v) is 4.53. The van der Waals surface area contributed by atoms with Gasteiger partial charge in [0.1, 0.15) is 17.2 Å². The second-order valence-corrected chi connectivity index (χ2v) is 8.40. The second-order valence-electron chi connectivity index (χ2n) is 8.40. The molecule has 0 bridgehead atoms. The Morgan fingerprint density at radius 1 is 1.33 bits per heavy atom. The molecule has 1 unspecified atom stereocenters. The lowest BCUT2D eigenvalue weighted by Crippen LogP contribution is -2.39. The Labute approximate surface area is 193 Å². The van der Waals surface area contributed by atoms with Crippen molar-refractivity contribution in [3.8, 4) is 17.2 Å². The van der Waals surface area contributed by atoms with Gasteiger partial charge in [-0.25, -0.2) is 0 Å². The monoisotopic (exact) mass is 451 g/mol. The summed E-state index contributed by atoms with van der Waals surface area (Å²) in [5.41, 5.74) is 2.40. The number of carbonyl (C=O) groups is 2. The molecule has 7 heteroatoms. The van der Waals surface area contributed by atoms with Gasteiger partial charge in [-0.1, -0.05) is 18.2 Å². The second kappa shape index (κ2) is 9.67. The highest BCUT2D eigenvalue weighted by Crippen LogP contribution is 2.43. The van der Waals surface area contributed by atoms with Crippen LogP contribution in [-0.2, 0) is 16.1 Å². The number of piperidine rings is 1. The molecule has 1 fully saturated rings. The highest BCUT2D eigenvalue weighted by molar-refractivity contribution is 6.16. The lowest BCUT2D eigenvalue weighted by Gasteiger charge is -2.31. The van der Waals surface area contributed by atoms with E-state index in [0.717, 1.165) is 24.9 Å². The number of likely N-dealkylation sites (tertiary alicyclic amines) is 1. The van der Waals surface area contributed by atoms with E-state index in [2.05, 4.69) is 4.90 Å². The first-order valence-electron chi connectivity index (χ1n) is 11.2. The zero-order valence-corrected chi connectivity index (χ0v) is 19.2. The summed E-state index contributed by atoms with van der Waals surface area (Å²) < 4.78 is 16.6. The molecule has 1 atom stereocenters. The maximum absolute atomic E-state index is 13.2. The van der Waals surface area contributed by atoms with Crippen molar-refractivity contribution in [2.75, 3.05) is 26.8 Å². The third-order valence-corrected chi connectivity index (χ3v) is 6.15. The summed E-state index contributed by atoms with van der Waals surface area (Å²) in [6.07, 6.45) is 3.31. The minimum absolute atomic E-state index is 0.0795. The lowest BCUT2D eigenvalue weighted by molar-refractivity contribution is -0.150. The first-order chi connectivity index (χ1) is 15.9. The highest BCUT2D eigenvalue weighted by atomic mass is 16.5. The summed E-state index contributed by atoms with van der Waals surface area (Å²) in [6.45, 7) is 5.65. The van der Waals surface area contributed by atoms with E-state index in [1.165, 1.54) is 0 Å². The molecule has 174 valence electrons. The number of nitrogens with zero attached hydrogens (tertiary/aromatic N) is 1. The van der Waals surface area contributed by atoms with Crippen molar-refractivity contribution in [2.24, 2.45) is 5.92 Å². The van der Waals surface area contributed by atoms with Crippen LogP contribution in [0.3, 0.4) is 0 Å². The number of carbonyl (C=O) groups excluding carboxylic acids is 2. The SMILES string of the molecule is CCOC(=O)C1CCCN(Cc2c(O)cc(C)c3c2O/C(=C\c2ccccc2OC)C3=O)C1. The van der Waals surface area contributed by atoms with Gasteiger partial charge in [0, 0.05) is 18.7 Å². The molecule has 4 rings (SSSR count). The van der Waals surface area contributed by atoms with Crippen molar-refractivity contribution in [3.63, 3.8) is 0 Å². The lowest BCUT2D eigenvalue weighted by atomic mass is 9.96. The number of phenolic OH excluding ortho intramolecular Hbond substituents is 1. The van der Waals surface area contributed by atoms with E-state index in [1.807, 2.05) is 24.3 Å². The Bertz CT molecular complexity index is 1110. The molecular formula is C26H29NO6. The van der Waals surface area contributed by atoms with Gasteiger partial charge >= 0.3 is 5.97 Å². The number of fused-ring (bicyclic) bond motifs is 1. The van der Waals surface area contributed by atoms with Crippen molar-refractivity contribution in [2.45, 2.75) is 33.2 Å². The number of aromatic hydroxyl groups is 1. The van der Waals surface area contributed by atoms with E-state index >= 15 is 0 Å². The number of esters is 1. The van der Waals surface area contributed by atoms with Gasteiger partial charge < -0.3 is 19.3 Å². The molecule has 2 aliphatic rings. The molecule has 7 nitrogen and oxygen atoms in total. The van der Waals surface area contributed by atoms with E-state index in [-0.39, 0.29) is 29.2 Å². The minimum atomic E-state index is -0.224. The van der Waals surface area contributed by atoms with Gasteiger partial charge in [-0.3, -0.25) is 14.5 Å². The molecular weight excluding hydrogens is 422 g/mol. The number of allylic oxidation sites excluding steroid dienone is 1. The molecule has 2 heterocycles. The standard InChI is InChI=1S/C26H29NO6/c1-4-32-26(30)18-9-7-11-27(14-18)15-19-20(28)12-16(2)23-24(29)22(33-25(19)23)13-17-8-5-6-10-21(17)31-3/h5-6,8,10,12-13,18,28H,4,7,9,11,14-15H2,1-3H3/b22-13-. The number of benzene rings is 2. The van der Waals surface area contributed by atoms with Crippen molar-refractivity contribution in [1.82, 2.24) is 4.90 Å². The number of hydrogen-bond acceptors (Lipinski definition) is 7. The van der Waals surface area contributed by atoms with Crippen LogP contribution >= 0.6 is 0 Å². The summed E-state index contributed by atoms with van der Waals surface area (Å²) in [4.78, 5) is 27.5. The maximum Gasteiger partial charge on any atom is 0.310 e. The number of rotatable bonds is 6. The number of hydrogen-bond donors (Lipinski definition) is 1. The average molecular weight is 452 g/mol. The minimum Gasteiger partial charge on any atom is -0.507 e. The predicted molar refractivity (Wildman–Crippen MR) is 123 cm³/mol. The summed E-state index contributed by atoms with van der Waals surface area (Å²) in [6, 6.07) is 8.99. The first-order valence-corrected chi connectivity index (χ1v) is 11.2. The molecule has 0 amide bonds. The Morgan fingerprint density at radius 3 is 2.88 bits per heavy atom. The smallest absolute Gasteiger partial charge is 0.310 e. The molecule has 2 aromatic carbocycles. The zero-order valence-electron chi connectivity index (χ0n) is 19.2. The van der Waals surface area contributed by atoms with E-state index in [4.69, 9.17) is 14.2 Å². The summed E-state index contributed by atoms with van der Waals surface area (Å²) in [7, 11) is 1.58. The third-order valence-electron chi connectivity index (χ3n) is 6.15. The van der Waals surface area contributed by atoms with Crippen LogP contribution in [0.25, 0.3) is 6.08 Å². The van der Waals surface area contributed by atoms with Gasteiger partial charge in [-0.05, 0) is 57.0 Å². The number of ether oxygens (including phenoxy) is 3. The largest absolute Gasteiger partial charge is 0.507 e. The Morgan fingerprint density at radius 2 is 2.12 bits per heavy atom. The van der Waals surface area contributed by atoms with Crippen LogP contribution in [0, 0.1) is 12.8 Å². The van der Waals surface area contributed by atoms with E-state index in [0.29, 0.717) is 47.9 Å². The number of methoxy groups -OCH3 is 1. The molecule has 0 aromatic heterocycles. The van der Waals surface area contributed by atoms with E-state index in [9.17, 15) is 14.7 Å². The van der Waals surface area contributed by atoms with Crippen LogP contribution in [-0.4, -0.2) is 48.6 Å². The highest BCUT2D eigenvalue weighted by Gasteiger charge is 2.35. The molecule has 0 spiro atoms. The zero-order chi connectivity index (χ0) is 23.5. The summed E-state index contributed by atoms with van der Waals surface area (Å²) in [5.74, 6) is 0.685. The summed E-state index contributed by atoms with van der Waals surface area (Å²) in [5, 5.41) is 10.7. The van der Waals surface area contributed by atoms with Gasteiger partial charge in [-0.2, -0.15) is 0 Å². The molecule has 33 heavy (non-hydrogen) atoms. The normalized spacial score (nSPS) is 19.3. The van der Waals surface area contributed by atoms with Gasteiger partial charge in [0.05, 0.1) is 30.8 Å². The van der Waals surface area contributed by atoms with Crippen LogP contribution in [0.4, 0.5) is 0 Å². The number of phenols is 1. The molecule has 0 aliphatic carbocycles. The number of aryl methyl sites for hydroxylation is 1. The molecule has 0 saturated carbocycles. The fraction of sp³-hybridized carbons (Fsp3) is 0.385. The van der Waals surface area contributed by atoms with Crippen LogP contribution in [0.5, 0.6) is 17.2 Å². The Hall–Kier alpha value is -3.32. The van der Waals surface area contributed by atoms with E-state index < -0.39 is 0 Å². The quantitative estimate of drug-likeness (QED) is 0.523. The first kappa shape index (κ1) is 22.9. The van der Waals surface area contributed by atoms with E-state index in [1.54, 1.807) is 33.1 Å². The molecule has 2 aliphatic heterocycles. The fourth-order valence-electron chi connectivity index (χ4n) is 4.53. The Balaban J connectivity index is 1.63. The van der Waals surface area contributed by atoms with Gasteiger partial charge in [0.2, 0.25) is 5.78 Å². The van der Waals surface area contributed by atoms with Crippen molar-refractivity contribution in [1.29, 1.82) is 0 Å². The molecule has 2 aromatic rings. The average Bonchev–Trinajstić information content (AvgIpc) is 3.13. The number of ketones is 1.